The van der Waals surface area contributed by atoms with Gasteiger partial charge in [0.15, 0.2) is 0 Å². The van der Waals surface area contributed by atoms with Crippen LogP contribution in [-0.4, -0.2) is 13.7 Å². The summed E-state index contributed by atoms with van der Waals surface area (Å²) in [6, 6.07) is 11.0. The Balaban J connectivity index is 1.91. The summed E-state index contributed by atoms with van der Waals surface area (Å²) in [6.45, 7) is 0.739. The van der Waals surface area contributed by atoms with Crippen molar-refractivity contribution in [1.82, 2.24) is 5.32 Å². The van der Waals surface area contributed by atoms with Crippen LogP contribution in [-0.2, 0) is 12.8 Å². The van der Waals surface area contributed by atoms with Crippen LogP contribution < -0.4 is 10.1 Å². The fourth-order valence-corrected chi connectivity index (χ4v) is 3.38. The second-order valence-corrected chi connectivity index (χ2v) is 6.17. The molecule has 1 aliphatic heterocycles. The van der Waals surface area contributed by atoms with E-state index in [4.69, 9.17) is 4.74 Å². The Bertz CT molecular complexity index is 659. The number of fused-ring (bicyclic) bond motifs is 1. The maximum Gasteiger partial charge on any atom is 0.125 e. The molecule has 1 heterocycles. The average Bonchev–Trinajstić information content (AvgIpc) is 2.92. The molecule has 0 spiro atoms. The highest BCUT2D eigenvalue weighted by Crippen LogP contribution is 2.35. The minimum absolute atomic E-state index is 0.0586. The van der Waals surface area contributed by atoms with Gasteiger partial charge in [-0.05, 0) is 54.4 Å². The van der Waals surface area contributed by atoms with E-state index in [0.717, 1.165) is 40.8 Å². The lowest BCUT2D eigenvalue weighted by atomic mass is 9.97. The zero-order valence-corrected chi connectivity index (χ0v) is 13.4. The summed E-state index contributed by atoms with van der Waals surface area (Å²) < 4.78 is 20.3. The van der Waals surface area contributed by atoms with Crippen LogP contribution in [0.1, 0.15) is 22.7 Å². The van der Waals surface area contributed by atoms with Gasteiger partial charge < -0.3 is 10.1 Å². The molecule has 0 radical (unpaired) electrons. The Labute approximate surface area is 132 Å². The number of hydrogen-bond donors (Lipinski definition) is 1. The van der Waals surface area contributed by atoms with Crippen molar-refractivity contribution >= 4 is 15.9 Å². The Kier molecular flexibility index (Phi) is 4.27. The molecule has 21 heavy (non-hydrogen) atoms. The second-order valence-electron chi connectivity index (χ2n) is 5.25. The van der Waals surface area contributed by atoms with Gasteiger partial charge in [0.25, 0.3) is 0 Å². The molecule has 0 aliphatic carbocycles. The molecule has 3 rings (SSSR count). The maximum atomic E-state index is 13.4. The van der Waals surface area contributed by atoms with Crippen molar-refractivity contribution in [1.29, 1.82) is 0 Å². The second kappa shape index (κ2) is 6.16. The minimum atomic E-state index is -0.205. The standard InChI is InChI=1S/C17H17BrFNO/c1-20-16(11-3-2-4-15(19)9-11)10-13-8-14(18)7-12-5-6-21-17(12)13/h2-4,7-9,16,20H,5-6,10H2,1H3. The normalized spacial score (nSPS) is 14.6. The quantitative estimate of drug-likeness (QED) is 0.899. The Morgan fingerprint density at radius 2 is 2.19 bits per heavy atom. The van der Waals surface area contributed by atoms with Gasteiger partial charge in [0.1, 0.15) is 11.6 Å². The molecule has 2 nitrogen and oxygen atoms in total. The lowest BCUT2D eigenvalue weighted by molar-refractivity contribution is 0.352. The van der Waals surface area contributed by atoms with Crippen LogP contribution in [0.15, 0.2) is 40.9 Å². The highest BCUT2D eigenvalue weighted by atomic mass is 79.9. The van der Waals surface area contributed by atoms with Crippen LogP contribution in [0.25, 0.3) is 0 Å². The fourth-order valence-electron chi connectivity index (χ4n) is 2.83. The van der Waals surface area contributed by atoms with Crippen molar-refractivity contribution in [3.63, 3.8) is 0 Å². The lowest BCUT2D eigenvalue weighted by Crippen LogP contribution is -2.19. The number of nitrogens with one attached hydrogen (secondary N) is 1. The summed E-state index contributed by atoms with van der Waals surface area (Å²) in [5.41, 5.74) is 3.35. The van der Waals surface area contributed by atoms with Gasteiger partial charge in [-0.1, -0.05) is 28.1 Å². The third-order valence-electron chi connectivity index (χ3n) is 3.85. The first kappa shape index (κ1) is 14.5. The topological polar surface area (TPSA) is 21.3 Å². The third kappa shape index (κ3) is 3.11. The number of halogens is 2. The molecular weight excluding hydrogens is 333 g/mol. The van der Waals surface area contributed by atoms with Gasteiger partial charge in [0.2, 0.25) is 0 Å². The first-order valence-electron chi connectivity index (χ1n) is 7.04. The third-order valence-corrected chi connectivity index (χ3v) is 4.31. The predicted octanol–water partition coefficient (Wildman–Crippen LogP) is 4.03. The molecule has 1 unspecified atom stereocenters. The van der Waals surface area contributed by atoms with Gasteiger partial charge in [0.05, 0.1) is 6.61 Å². The molecule has 0 amide bonds. The summed E-state index contributed by atoms with van der Waals surface area (Å²) in [5.74, 6) is 0.790. The smallest absolute Gasteiger partial charge is 0.125 e. The van der Waals surface area contributed by atoms with Crippen molar-refractivity contribution < 1.29 is 9.13 Å². The van der Waals surface area contributed by atoms with E-state index in [9.17, 15) is 4.39 Å². The molecular formula is C17H17BrFNO. The Hall–Kier alpha value is -1.39. The number of likely N-dealkylation sites (N-methyl/N-ethyl adjacent to an activating group) is 1. The van der Waals surface area contributed by atoms with E-state index < -0.39 is 0 Å². The largest absolute Gasteiger partial charge is 0.493 e. The van der Waals surface area contributed by atoms with Gasteiger partial charge >= 0.3 is 0 Å². The molecule has 0 aromatic heterocycles. The molecule has 0 saturated heterocycles. The first-order valence-corrected chi connectivity index (χ1v) is 7.83. The van der Waals surface area contributed by atoms with E-state index >= 15 is 0 Å². The van der Waals surface area contributed by atoms with E-state index in [2.05, 4.69) is 33.4 Å². The minimum Gasteiger partial charge on any atom is -0.493 e. The number of benzene rings is 2. The number of ether oxygens (including phenoxy) is 1. The number of hydrogen-bond acceptors (Lipinski definition) is 2. The summed E-state index contributed by atoms with van der Waals surface area (Å²) in [7, 11) is 1.90. The molecule has 1 N–H and O–H groups in total. The van der Waals surface area contributed by atoms with E-state index in [1.54, 1.807) is 12.1 Å². The van der Waals surface area contributed by atoms with Crippen LogP contribution in [0.4, 0.5) is 4.39 Å². The summed E-state index contributed by atoms with van der Waals surface area (Å²) in [6.07, 6.45) is 1.72. The number of rotatable bonds is 4. The molecule has 0 saturated carbocycles. The van der Waals surface area contributed by atoms with Crippen molar-refractivity contribution in [2.45, 2.75) is 18.9 Å². The van der Waals surface area contributed by atoms with Crippen LogP contribution in [0.5, 0.6) is 5.75 Å². The molecule has 110 valence electrons. The molecule has 4 heteroatoms. The van der Waals surface area contributed by atoms with E-state index in [1.165, 1.54) is 11.6 Å². The van der Waals surface area contributed by atoms with Gasteiger partial charge in [-0.2, -0.15) is 0 Å². The Morgan fingerprint density at radius 1 is 1.33 bits per heavy atom. The van der Waals surface area contributed by atoms with Gasteiger partial charge in [-0.25, -0.2) is 4.39 Å². The van der Waals surface area contributed by atoms with Crippen LogP contribution >= 0.6 is 15.9 Å². The van der Waals surface area contributed by atoms with Crippen LogP contribution in [0.2, 0.25) is 0 Å². The molecule has 0 bridgehead atoms. The van der Waals surface area contributed by atoms with E-state index in [0.29, 0.717) is 0 Å². The molecule has 0 fully saturated rings. The molecule has 1 atom stereocenters. The van der Waals surface area contributed by atoms with Gasteiger partial charge in [-0.3, -0.25) is 0 Å². The monoisotopic (exact) mass is 349 g/mol. The van der Waals surface area contributed by atoms with Gasteiger partial charge in [0, 0.05) is 16.9 Å². The van der Waals surface area contributed by atoms with Crippen molar-refractivity contribution in [2.75, 3.05) is 13.7 Å². The summed E-state index contributed by atoms with van der Waals surface area (Å²) in [5, 5.41) is 3.27. The maximum absolute atomic E-state index is 13.4. The average molecular weight is 350 g/mol. The zero-order chi connectivity index (χ0) is 14.8. The zero-order valence-electron chi connectivity index (χ0n) is 11.8. The van der Waals surface area contributed by atoms with Gasteiger partial charge in [-0.15, -0.1) is 0 Å². The van der Waals surface area contributed by atoms with Crippen LogP contribution in [0.3, 0.4) is 0 Å². The predicted molar refractivity (Wildman–Crippen MR) is 85.2 cm³/mol. The molecule has 2 aromatic rings. The molecule has 1 aliphatic rings. The summed E-state index contributed by atoms with van der Waals surface area (Å²) in [4.78, 5) is 0. The van der Waals surface area contributed by atoms with E-state index in [-0.39, 0.29) is 11.9 Å². The highest BCUT2D eigenvalue weighted by Gasteiger charge is 2.20. The van der Waals surface area contributed by atoms with Crippen LogP contribution in [0, 0.1) is 5.82 Å². The fraction of sp³-hybridized carbons (Fsp3) is 0.294. The van der Waals surface area contributed by atoms with Crippen molar-refractivity contribution in [3.05, 3.63) is 63.4 Å². The van der Waals surface area contributed by atoms with E-state index in [1.807, 2.05) is 13.1 Å². The van der Waals surface area contributed by atoms with Crippen molar-refractivity contribution in [2.24, 2.45) is 0 Å². The Morgan fingerprint density at radius 3 is 2.95 bits per heavy atom. The van der Waals surface area contributed by atoms with Crippen molar-refractivity contribution in [3.8, 4) is 5.75 Å². The molecule has 2 aromatic carbocycles. The summed E-state index contributed by atoms with van der Waals surface area (Å²) >= 11 is 3.56. The first-order chi connectivity index (χ1) is 10.2. The highest BCUT2D eigenvalue weighted by molar-refractivity contribution is 9.10. The lowest BCUT2D eigenvalue weighted by Gasteiger charge is -2.19. The SMILES string of the molecule is CNC(Cc1cc(Br)cc2c1OCC2)c1cccc(F)c1.